The number of fused-ring (bicyclic) bond motifs is 6. The summed E-state index contributed by atoms with van der Waals surface area (Å²) in [4.78, 5) is 12.7. The molecule has 6 heteroatoms. The molecule has 0 saturated carbocycles. The number of aryl methyl sites for hydroxylation is 4. The minimum absolute atomic E-state index is 0.644. The van der Waals surface area contributed by atoms with Gasteiger partial charge in [-0.05, 0) is 74.0 Å². The molecule has 4 heterocycles. The summed E-state index contributed by atoms with van der Waals surface area (Å²) in [6, 6.07) is 43.6. The van der Waals surface area contributed by atoms with Gasteiger partial charge in [0.25, 0.3) is 0 Å². The molecule has 4 aromatic carbocycles. The summed E-state index contributed by atoms with van der Waals surface area (Å²) >= 11 is 0. The molecule has 2 N–H and O–H groups in total. The number of rotatable bonds is 15. The van der Waals surface area contributed by atoms with Crippen molar-refractivity contribution in [1.82, 2.24) is 24.0 Å². The first-order valence-electron chi connectivity index (χ1n) is 18.5. The molecule has 8 aromatic rings. The molecule has 256 valence electrons. The van der Waals surface area contributed by atoms with Crippen LogP contribution in [-0.2, 0) is 39.0 Å². The number of pyridine rings is 2. The highest BCUT2D eigenvalue weighted by molar-refractivity contribution is 6.09. The second-order valence-corrected chi connectivity index (χ2v) is 13.7. The maximum atomic E-state index is 6.13. The second kappa shape index (κ2) is 15.3. The average Bonchev–Trinajstić information content (AvgIpc) is 3.68. The first kappa shape index (κ1) is 32.9. The predicted molar refractivity (Wildman–Crippen MR) is 212 cm³/mol. The van der Waals surface area contributed by atoms with Gasteiger partial charge < -0.3 is 14.9 Å². The molecule has 0 bridgehead atoms. The average molecular weight is 671 g/mol. The van der Waals surface area contributed by atoms with Gasteiger partial charge in [0.1, 0.15) is 0 Å². The minimum atomic E-state index is 0.644. The van der Waals surface area contributed by atoms with Crippen molar-refractivity contribution >= 4 is 43.6 Å². The van der Waals surface area contributed by atoms with Gasteiger partial charge in [-0.2, -0.15) is 0 Å². The van der Waals surface area contributed by atoms with Crippen molar-refractivity contribution in [2.24, 2.45) is 5.73 Å². The number of hydrogen-bond acceptors (Lipinski definition) is 4. The fourth-order valence-electron chi connectivity index (χ4n) is 7.97. The Morgan fingerprint density at radius 1 is 0.490 bits per heavy atom. The summed E-state index contributed by atoms with van der Waals surface area (Å²) in [5.74, 6) is 0. The highest BCUT2D eigenvalue weighted by atomic mass is 15.1. The third-order valence-corrected chi connectivity index (χ3v) is 10.3. The van der Waals surface area contributed by atoms with E-state index in [1.165, 1.54) is 54.7 Å². The monoisotopic (exact) mass is 670 g/mol. The maximum absolute atomic E-state index is 6.13. The van der Waals surface area contributed by atoms with Crippen LogP contribution in [0.15, 0.2) is 134 Å². The Labute approximate surface area is 300 Å². The molecule has 0 spiro atoms. The van der Waals surface area contributed by atoms with Crippen molar-refractivity contribution in [2.45, 2.75) is 58.3 Å². The maximum Gasteiger partial charge on any atom is 0.0786 e. The smallest absolute Gasteiger partial charge is 0.0786 e. The van der Waals surface area contributed by atoms with E-state index in [2.05, 4.69) is 135 Å². The van der Waals surface area contributed by atoms with Crippen LogP contribution >= 0.6 is 0 Å². The van der Waals surface area contributed by atoms with Gasteiger partial charge in [-0.15, -0.1) is 0 Å². The Balaban J connectivity index is 1.14. The lowest BCUT2D eigenvalue weighted by Crippen LogP contribution is -2.27. The van der Waals surface area contributed by atoms with Gasteiger partial charge in [0.15, 0.2) is 0 Å². The molecule has 0 atom stereocenters. The molecule has 0 aliphatic heterocycles. The topological polar surface area (TPSA) is 64.9 Å². The summed E-state index contributed by atoms with van der Waals surface area (Å²) in [6.45, 7) is 4.83. The molecule has 0 saturated heterocycles. The summed E-state index contributed by atoms with van der Waals surface area (Å²) in [5, 5.41) is 5.12. The van der Waals surface area contributed by atoms with Crippen molar-refractivity contribution in [2.75, 3.05) is 13.1 Å². The van der Waals surface area contributed by atoms with Crippen LogP contribution in [0, 0.1) is 0 Å². The molecular weight excluding hydrogens is 625 g/mol. The van der Waals surface area contributed by atoms with Crippen LogP contribution in [0.4, 0.5) is 0 Å². The molecular formula is C45H46N6. The Hall–Kier alpha value is -5.30. The van der Waals surface area contributed by atoms with E-state index < -0.39 is 0 Å². The zero-order valence-electron chi connectivity index (χ0n) is 29.3. The lowest BCUT2D eigenvalue weighted by molar-refractivity contribution is 0.250. The van der Waals surface area contributed by atoms with Gasteiger partial charge >= 0.3 is 0 Å². The fraction of sp³-hybridized carbons (Fsp3) is 0.244. The van der Waals surface area contributed by atoms with Crippen molar-refractivity contribution in [3.63, 3.8) is 0 Å². The molecule has 4 aromatic heterocycles. The van der Waals surface area contributed by atoms with E-state index in [0.29, 0.717) is 6.54 Å². The summed E-state index contributed by atoms with van der Waals surface area (Å²) < 4.78 is 5.03. The van der Waals surface area contributed by atoms with E-state index in [9.17, 15) is 0 Å². The highest BCUT2D eigenvalue weighted by Gasteiger charge is 2.20. The van der Waals surface area contributed by atoms with Gasteiger partial charge in [0.05, 0.1) is 22.4 Å². The normalized spacial score (nSPS) is 11.9. The van der Waals surface area contributed by atoms with Gasteiger partial charge in [0, 0.05) is 77.7 Å². The number of nitrogens with zero attached hydrogens (tertiary/aromatic N) is 5. The van der Waals surface area contributed by atoms with Gasteiger partial charge in [0.2, 0.25) is 0 Å². The van der Waals surface area contributed by atoms with Gasteiger partial charge in [-0.3, -0.25) is 14.9 Å². The predicted octanol–water partition coefficient (Wildman–Crippen LogP) is 9.31. The lowest BCUT2D eigenvalue weighted by atomic mass is 10.1. The molecule has 0 aliphatic carbocycles. The molecule has 0 aliphatic rings. The van der Waals surface area contributed by atoms with E-state index in [-0.39, 0.29) is 0 Å². The van der Waals surface area contributed by atoms with Crippen LogP contribution in [0.3, 0.4) is 0 Å². The molecule has 51 heavy (non-hydrogen) atoms. The SMILES string of the molecule is NCCCN(Cc1nccc2c3ccccc3n(CCCc3ccccc3)c12)Cc1nccc2c3ccccc3n(CCCc3ccccc3)c12. The molecule has 0 amide bonds. The van der Waals surface area contributed by atoms with Crippen molar-refractivity contribution in [1.29, 1.82) is 0 Å². The number of hydrogen-bond donors (Lipinski definition) is 1. The zero-order valence-corrected chi connectivity index (χ0v) is 29.3. The first-order valence-corrected chi connectivity index (χ1v) is 18.5. The van der Waals surface area contributed by atoms with Crippen LogP contribution in [0.2, 0.25) is 0 Å². The van der Waals surface area contributed by atoms with E-state index in [1.807, 2.05) is 12.4 Å². The van der Waals surface area contributed by atoms with Crippen LogP contribution in [0.25, 0.3) is 43.6 Å². The van der Waals surface area contributed by atoms with Crippen LogP contribution in [0.1, 0.15) is 41.8 Å². The molecule has 0 radical (unpaired) electrons. The minimum Gasteiger partial charge on any atom is -0.339 e. The van der Waals surface area contributed by atoms with E-state index in [4.69, 9.17) is 15.7 Å². The standard InChI is InChI=1S/C45H46N6/c46-26-13-29-49(32-40-44-38(24-27-47-40)36-20-7-9-22-42(36)50(44)30-11-18-34-14-3-1-4-15-34)33-41-45-39(25-28-48-41)37-21-8-10-23-43(37)51(45)31-12-19-35-16-5-2-6-17-35/h1-10,14-17,20-25,27-28H,11-13,18-19,26,29-33,46H2. The third kappa shape index (κ3) is 6.90. The molecule has 0 fully saturated rings. The number of para-hydroxylation sites is 2. The van der Waals surface area contributed by atoms with Crippen molar-refractivity contribution in [3.8, 4) is 0 Å². The van der Waals surface area contributed by atoms with Crippen LogP contribution in [0.5, 0.6) is 0 Å². The number of benzene rings is 4. The van der Waals surface area contributed by atoms with E-state index >= 15 is 0 Å². The zero-order chi connectivity index (χ0) is 34.4. The quantitative estimate of drug-likeness (QED) is 0.118. The third-order valence-electron chi connectivity index (χ3n) is 10.3. The lowest BCUT2D eigenvalue weighted by Gasteiger charge is -2.23. The largest absolute Gasteiger partial charge is 0.339 e. The Morgan fingerprint density at radius 3 is 1.41 bits per heavy atom. The summed E-state index contributed by atoms with van der Waals surface area (Å²) in [6.07, 6.45) is 9.09. The highest BCUT2D eigenvalue weighted by Crippen LogP contribution is 2.34. The molecule has 6 nitrogen and oxygen atoms in total. The Kier molecular flexibility index (Phi) is 9.86. The van der Waals surface area contributed by atoms with Crippen LogP contribution < -0.4 is 5.73 Å². The molecule has 8 rings (SSSR count). The van der Waals surface area contributed by atoms with E-state index in [1.54, 1.807) is 0 Å². The van der Waals surface area contributed by atoms with Crippen molar-refractivity contribution in [3.05, 3.63) is 156 Å². The second-order valence-electron chi connectivity index (χ2n) is 13.7. The number of nitrogens with two attached hydrogens (primary N) is 1. The Morgan fingerprint density at radius 2 is 0.941 bits per heavy atom. The Bertz CT molecular complexity index is 2210. The number of aromatic nitrogens is 4. The van der Waals surface area contributed by atoms with E-state index in [0.717, 1.165) is 76.2 Å². The van der Waals surface area contributed by atoms with Crippen molar-refractivity contribution < 1.29 is 0 Å². The summed E-state index contributed by atoms with van der Waals surface area (Å²) in [5.41, 5.74) is 16.1. The fourth-order valence-corrected chi connectivity index (χ4v) is 7.97. The van der Waals surface area contributed by atoms with Crippen LogP contribution in [-0.4, -0.2) is 37.1 Å². The molecule has 0 unspecified atom stereocenters. The van der Waals surface area contributed by atoms with Gasteiger partial charge in [-0.1, -0.05) is 97.1 Å². The van der Waals surface area contributed by atoms with Gasteiger partial charge in [-0.25, -0.2) is 0 Å². The first-order chi connectivity index (χ1) is 25.3. The summed E-state index contributed by atoms with van der Waals surface area (Å²) in [7, 11) is 0.